The Morgan fingerprint density at radius 1 is 1.16 bits per heavy atom. The number of nitrogens with two attached hydrogens (primary N) is 2. The smallest absolute Gasteiger partial charge is 0.271 e. The Labute approximate surface area is 103 Å². The van der Waals surface area contributed by atoms with E-state index in [9.17, 15) is 22.1 Å². The number of hydrogen-bond donors (Lipinski definition) is 3. The molecule has 1 aromatic carbocycles. The largest absolute Gasteiger partial charge is 0.274 e. The summed E-state index contributed by atoms with van der Waals surface area (Å²) in [6, 6.07) is 0. The molecular weight excluding hydrogens is 291 g/mol. The summed E-state index contributed by atoms with van der Waals surface area (Å²) in [6.07, 6.45) is 0. The summed E-state index contributed by atoms with van der Waals surface area (Å²) in [5.41, 5.74) is 15.2. The highest BCUT2D eigenvalue weighted by Gasteiger charge is 2.25. The normalized spacial score (nSPS) is 11.3. The number of nitrogens with one attached hydrogen (secondary N) is 1. The van der Waals surface area contributed by atoms with Crippen molar-refractivity contribution in [3.63, 3.8) is 0 Å². The third-order valence-corrected chi connectivity index (χ3v) is 2.63. The fourth-order valence-electron chi connectivity index (χ4n) is 1.16. The van der Waals surface area contributed by atoms with Gasteiger partial charge in [0.2, 0.25) is 0 Å². The number of hydrogen-bond acceptors (Lipinski definition) is 2. The van der Waals surface area contributed by atoms with Crippen molar-refractivity contribution in [2.75, 3.05) is 0 Å². The average Bonchev–Trinajstić information content (AvgIpc) is 2.31. The van der Waals surface area contributed by atoms with Crippen LogP contribution in [-0.4, -0.2) is 0 Å². The Morgan fingerprint density at radius 3 is 2.00 bits per heavy atom. The first-order valence-electron chi connectivity index (χ1n) is 4.51. The van der Waals surface area contributed by atoms with E-state index in [-0.39, 0.29) is 0 Å². The summed E-state index contributed by atoms with van der Waals surface area (Å²) in [6.45, 7) is -0.910. The zero-order chi connectivity index (χ0) is 14.8. The molecule has 0 aliphatic rings. The van der Waals surface area contributed by atoms with Crippen molar-refractivity contribution in [1.82, 2.24) is 5.09 Å². The van der Waals surface area contributed by atoms with Gasteiger partial charge in [0.1, 0.15) is 5.69 Å². The van der Waals surface area contributed by atoms with Gasteiger partial charge < -0.3 is 0 Å². The topological polar surface area (TPSA) is 130 Å². The zero-order valence-electron chi connectivity index (χ0n) is 9.07. The lowest BCUT2D eigenvalue weighted by Gasteiger charge is -2.12. The van der Waals surface area contributed by atoms with Crippen LogP contribution in [0.2, 0.25) is 0 Å². The lowest BCUT2D eigenvalue weighted by atomic mass is 10.1. The quantitative estimate of drug-likeness (QED) is 0.196. The molecule has 104 valence electrons. The SMILES string of the molecule is [N-]=[N+]=Nc1c(F)c(F)c(CNP(N)(N)=O)c(F)c1F. The predicted octanol–water partition coefficient (Wildman–Crippen LogP) is 2.30. The van der Waals surface area contributed by atoms with E-state index >= 15 is 0 Å². The van der Waals surface area contributed by atoms with Crippen molar-refractivity contribution in [2.45, 2.75) is 6.54 Å². The number of nitrogens with zero attached hydrogens (tertiary/aromatic N) is 3. The first-order chi connectivity index (χ1) is 8.69. The van der Waals surface area contributed by atoms with Crippen molar-refractivity contribution < 1.29 is 22.1 Å². The minimum Gasteiger partial charge on any atom is -0.271 e. The number of azide groups is 1. The van der Waals surface area contributed by atoms with E-state index in [1.165, 1.54) is 0 Å². The Morgan fingerprint density at radius 2 is 1.63 bits per heavy atom. The van der Waals surface area contributed by atoms with Crippen molar-refractivity contribution in [1.29, 1.82) is 0 Å². The van der Waals surface area contributed by atoms with Crippen LogP contribution >= 0.6 is 7.59 Å². The molecule has 12 heteroatoms. The molecule has 0 unspecified atom stereocenters. The minimum absolute atomic E-state index is 0.910. The van der Waals surface area contributed by atoms with Gasteiger partial charge in [0.25, 0.3) is 7.59 Å². The molecule has 0 amide bonds. The van der Waals surface area contributed by atoms with E-state index in [0.29, 0.717) is 0 Å². The van der Waals surface area contributed by atoms with Crippen LogP contribution in [0.25, 0.3) is 10.4 Å². The molecule has 1 rings (SSSR count). The van der Waals surface area contributed by atoms with E-state index in [1.807, 2.05) is 10.00 Å². The fraction of sp³-hybridized carbons (Fsp3) is 0.143. The predicted molar refractivity (Wildman–Crippen MR) is 57.9 cm³/mol. The van der Waals surface area contributed by atoms with Crippen molar-refractivity contribution in [2.24, 2.45) is 16.1 Å². The Hall–Kier alpha value is -1.64. The van der Waals surface area contributed by atoms with Crippen molar-refractivity contribution in [3.05, 3.63) is 39.3 Å². The van der Waals surface area contributed by atoms with Crippen LogP contribution in [0.1, 0.15) is 5.56 Å². The summed E-state index contributed by atoms with van der Waals surface area (Å²) in [5.74, 6) is -7.36. The van der Waals surface area contributed by atoms with Gasteiger partial charge in [0.05, 0.1) is 0 Å². The highest BCUT2D eigenvalue weighted by molar-refractivity contribution is 7.56. The van der Waals surface area contributed by atoms with E-state index in [0.717, 1.165) is 0 Å². The van der Waals surface area contributed by atoms with Crippen LogP contribution in [0.5, 0.6) is 0 Å². The van der Waals surface area contributed by atoms with Gasteiger partial charge in [-0.25, -0.2) is 22.6 Å². The Bertz CT molecular complexity index is 581. The highest BCUT2D eigenvalue weighted by atomic mass is 31.2. The van der Waals surface area contributed by atoms with E-state index in [2.05, 4.69) is 5.11 Å². The Balaban J connectivity index is 3.36. The Kier molecular flexibility index (Phi) is 4.51. The van der Waals surface area contributed by atoms with Gasteiger partial charge >= 0.3 is 0 Å². The third-order valence-electron chi connectivity index (χ3n) is 1.98. The van der Waals surface area contributed by atoms with Crippen molar-refractivity contribution in [3.8, 4) is 0 Å². The molecule has 0 bridgehead atoms. The first kappa shape index (κ1) is 15.4. The number of benzene rings is 1. The van der Waals surface area contributed by atoms with Crippen LogP contribution in [0.15, 0.2) is 5.11 Å². The fourth-order valence-corrected chi connectivity index (χ4v) is 1.56. The zero-order valence-corrected chi connectivity index (χ0v) is 9.97. The van der Waals surface area contributed by atoms with Gasteiger partial charge in [-0.3, -0.25) is 15.6 Å². The van der Waals surface area contributed by atoms with Gasteiger partial charge in [0.15, 0.2) is 23.3 Å². The molecule has 0 heterocycles. The van der Waals surface area contributed by atoms with Crippen LogP contribution in [-0.2, 0) is 11.1 Å². The summed E-state index contributed by atoms with van der Waals surface area (Å²) >= 11 is 0. The van der Waals surface area contributed by atoms with E-state index in [1.54, 1.807) is 0 Å². The van der Waals surface area contributed by atoms with E-state index in [4.69, 9.17) is 16.5 Å². The average molecular weight is 298 g/mol. The molecule has 0 aromatic heterocycles. The molecule has 0 saturated heterocycles. The molecular formula is C7H7F4N6OP. The van der Waals surface area contributed by atoms with E-state index < -0.39 is 48.7 Å². The molecule has 19 heavy (non-hydrogen) atoms. The summed E-state index contributed by atoms with van der Waals surface area (Å²) in [5, 5.41) is 4.32. The molecule has 0 atom stereocenters. The molecule has 0 fully saturated rings. The number of rotatable bonds is 4. The summed E-state index contributed by atoms with van der Waals surface area (Å²) in [7, 11) is -3.84. The molecule has 1 aromatic rings. The maximum Gasteiger partial charge on any atom is 0.274 e. The second kappa shape index (κ2) is 5.55. The van der Waals surface area contributed by atoms with Crippen molar-refractivity contribution >= 4 is 13.3 Å². The molecule has 0 spiro atoms. The molecule has 0 saturated carbocycles. The molecule has 0 aliphatic heterocycles. The summed E-state index contributed by atoms with van der Waals surface area (Å²) < 4.78 is 64.4. The maximum atomic E-state index is 13.4. The van der Waals surface area contributed by atoms with Gasteiger partial charge in [-0.15, -0.1) is 0 Å². The van der Waals surface area contributed by atoms with Gasteiger partial charge in [0, 0.05) is 17.0 Å². The molecule has 0 aliphatic carbocycles. The molecule has 5 N–H and O–H groups in total. The third kappa shape index (κ3) is 3.43. The maximum absolute atomic E-state index is 13.4. The highest BCUT2D eigenvalue weighted by Crippen LogP contribution is 2.31. The second-order valence-corrected chi connectivity index (χ2v) is 5.05. The lowest BCUT2D eigenvalue weighted by Crippen LogP contribution is -2.23. The summed E-state index contributed by atoms with van der Waals surface area (Å²) in [4.78, 5) is 2.04. The molecule has 7 nitrogen and oxygen atoms in total. The van der Waals surface area contributed by atoms with Gasteiger partial charge in [-0.1, -0.05) is 5.11 Å². The number of halogens is 4. The lowest BCUT2D eigenvalue weighted by molar-refractivity contribution is 0.440. The monoisotopic (exact) mass is 298 g/mol. The molecule has 0 radical (unpaired) electrons. The van der Waals surface area contributed by atoms with Crippen LogP contribution in [0, 0.1) is 23.3 Å². The second-order valence-electron chi connectivity index (χ2n) is 3.32. The van der Waals surface area contributed by atoms with Gasteiger partial charge in [-0.05, 0) is 5.53 Å². The standard InChI is InChI=1S/C7H7F4N6OP/c8-3-2(1-15-19(13,14)18)4(9)6(11)7(5(3)10)16-17-12/h1H2,(H5,13,14,15,18). The van der Waals surface area contributed by atoms with Crippen LogP contribution in [0.4, 0.5) is 23.2 Å². The minimum atomic E-state index is -3.84. The van der Waals surface area contributed by atoms with Crippen LogP contribution < -0.4 is 16.1 Å². The van der Waals surface area contributed by atoms with Gasteiger partial charge in [-0.2, -0.15) is 0 Å². The van der Waals surface area contributed by atoms with Crippen LogP contribution in [0.3, 0.4) is 0 Å². The first-order valence-corrected chi connectivity index (χ1v) is 6.35.